The Labute approximate surface area is 160 Å². The predicted octanol–water partition coefficient (Wildman–Crippen LogP) is 4.53. The van der Waals surface area contributed by atoms with Crippen LogP contribution in [0.3, 0.4) is 0 Å². The molecule has 0 amide bonds. The van der Waals surface area contributed by atoms with E-state index in [0.717, 1.165) is 22.4 Å². The zero-order valence-corrected chi connectivity index (χ0v) is 17.2. The largest absolute Gasteiger partial charge is 0.290 e. The van der Waals surface area contributed by atoms with Crippen LogP contribution in [-0.2, 0) is 19.0 Å². The minimum atomic E-state index is 0. The van der Waals surface area contributed by atoms with Crippen molar-refractivity contribution < 1.29 is 9.36 Å². The van der Waals surface area contributed by atoms with Crippen LogP contribution in [0.2, 0.25) is 0 Å². The second kappa shape index (κ2) is 7.12. The van der Waals surface area contributed by atoms with Gasteiger partial charge in [-0.2, -0.15) is 0 Å². The van der Waals surface area contributed by atoms with Crippen molar-refractivity contribution in [1.29, 1.82) is 0 Å². The molecule has 0 atom stereocenters. The summed E-state index contributed by atoms with van der Waals surface area (Å²) in [7, 11) is 2.04. The van der Waals surface area contributed by atoms with Gasteiger partial charge in [0.25, 0.3) is 5.82 Å². The van der Waals surface area contributed by atoms with Gasteiger partial charge in [0.15, 0.2) is 17.6 Å². The number of carbonyl (C=O) groups excluding carboxylic acids is 1. The number of Topliss-reactive ketones (excluding diaryl/α,β-unsaturated/α-hetero) is 1. The number of rotatable bonds is 3. The maximum Gasteiger partial charge on any atom is 0.254 e. The number of fused-ring (bicyclic) bond motifs is 1. The third-order valence-electron chi connectivity index (χ3n) is 4.78. The maximum absolute atomic E-state index is 12.8. The lowest BCUT2D eigenvalue weighted by Crippen LogP contribution is -2.31. The van der Waals surface area contributed by atoms with E-state index in [1.807, 2.05) is 31.3 Å². The predicted molar refractivity (Wildman–Crippen MR) is 108 cm³/mol. The van der Waals surface area contributed by atoms with Crippen LogP contribution in [0.4, 0.5) is 0 Å². The maximum atomic E-state index is 12.8. The van der Waals surface area contributed by atoms with E-state index >= 15 is 0 Å². The summed E-state index contributed by atoms with van der Waals surface area (Å²) in [5, 5.41) is 0. The van der Waals surface area contributed by atoms with E-state index in [2.05, 4.69) is 61.1 Å². The summed E-state index contributed by atoms with van der Waals surface area (Å²) in [6.45, 7) is 8.95. The van der Waals surface area contributed by atoms with Gasteiger partial charge in [-0.25, -0.2) is 9.13 Å². The third kappa shape index (κ3) is 3.69. The van der Waals surface area contributed by atoms with Gasteiger partial charge in [0.2, 0.25) is 5.78 Å². The molecule has 0 saturated heterocycles. The van der Waals surface area contributed by atoms with E-state index in [1.165, 1.54) is 5.56 Å². The molecular formula is C21H26BrN2O+. The molecule has 3 rings (SSSR count). The van der Waals surface area contributed by atoms with Crippen molar-refractivity contribution in [3.63, 3.8) is 0 Å². The Morgan fingerprint density at radius 1 is 1.04 bits per heavy atom. The lowest BCUT2D eigenvalue weighted by atomic mass is 9.86. The van der Waals surface area contributed by atoms with Gasteiger partial charge in [-0.05, 0) is 23.1 Å². The van der Waals surface area contributed by atoms with E-state index in [4.69, 9.17) is 0 Å². The molecule has 2 aromatic carbocycles. The molecule has 0 spiro atoms. The molecule has 1 heterocycles. The van der Waals surface area contributed by atoms with Gasteiger partial charge in [0.1, 0.15) is 0 Å². The first-order chi connectivity index (χ1) is 11.3. The fourth-order valence-corrected chi connectivity index (χ4v) is 3.10. The summed E-state index contributed by atoms with van der Waals surface area (Å²) in [6.07, 6.45) is 0. The lowest BCUT2D eigenvalue weighted by Gasteiger charge is -2.18. The van der Waals surface area contributed by atoms with E-state index in [9.17, 15) is 4.79 Å². The highest BCUT2D eigenvalue weighted by atomic mass is 79.9. The number of para-hydroxylation sites is 2. The molecule has 0 unspecified atom stereocenters. The van der Waals surface area contributed by atoms with Crippen molar-refractivity contribution in [2.24, 2.45) is 7.05 Å². The molecule has 0 aliphatic heterocycles. The van der Waals surface area contributed by atoms with Crippen LogP contribution in [0.15, 0.2) is 48.5 Å². The fraction of sp³-hybridized carbons (Fsp3) is 0.333. The third-order valence-corrected chi connectivity index (χ3v) is 4.78. The molecule has 0 saturated carbocycles. The number of carbonyl (C=O) groups is 1. The smallest absolute Gasteiger partial charge is 0.254 e. The zero-order chi connectivity index (χ0) is 17.5. The highest BCUT2D eigenvalue weighted by Gasteiger charge is 2.22. The molecule has 0 aliphatic rings. The molecule has 3 aromatic rings. The van der Waals surface area contributed by atoms with Crippen LogP contribution in [0.1, 0.15) is 42.5 Å². The SMILES string of the molecule is Br.Cc1n(CC(=O)c2ccc(C(C)(C)C)cc2)c2ccccc2[n+]1C. The van der Waals surface area contributed by atoms with Gasteiger partial charge >= 0.3 is 0 Å². The topological polar surface area (TPSA) is 25.9 Å². The molecule has 0 aliphatic carbocycles. The van der Waals surface area contributed by atoms with Crippen molar-refractivity contribution in [3.8, 4) is 0 Å². The monoisotopic (exact) mass is 401 g/mol. The first-order valence-electron chi connectivity index (χ1n) is 8.36. The second-order valence-electron chi connectivity index (χ2n) is 7.43. The van der Waals surface area contributed by atoms with Crippen LogP contribution in [0.5, 0.6) is 0 Å². The van der Waals surface area contributed by atoms with Gasteiger partial charge in [-0.3, -0.25) is 4.79 Å². The first kappa shape index (κ1) is 19.4. The van der Waals surface area contributed by atoms with Crippen molar-refractivity contribution in [2.45, 2.75) is 39.7 Å². The molecule has 132 valence electrons. The number of halogens is 1. The van der Waals surface area contributed by atoms with E-state index in [0.29, 0.717) is 6.54 Å². The normalized spacial score (nSPS) is 11.4. The Hall–Kier alpha value is -1.94. The number of ketones is 1. The summed E-state index contributed by atoms with van der Waals surface area (Å²) in [5.74, 6) is 1.22. The van der Waals surface area contributed by atoms with Gasteiger partial charge < -0.3 is 0 Å². The van der Waals surface area contributed by atoms with E-state index < -0.39 is 0 Å². The lowest BCUT2D eigenvalue weighted by molar-refractivity contribution is -0.652. The number of hydrogen-bond donors (Lipinski definition) is 0. The number of nitrogens with zero attached hydrogens (tertiary/aromatic N) is 2. The van der Waals surface area contributed by atoms with Crippen LogP contribution in [0.25, 0.3) is 11.0 Å². The highest BCUT2D eigenvalue weighted by molar-refractivity contribution is 8.93. The second-order valence-corrected chi connectivity index (χ2v) is 7.43. The molecular weight excluding hydrogens is 376 g/mol. The van der Waals surface area contributed by atoms with E-state index in [1.54, 1.807) is 0 Å². The van der Waals surface area contributed by atoms with Crippen molar-refractivity contribution in [3.05, 3.63) is 65.5 Å². The minimum absolute atomic E-state index is 0. The minimum Gasteiger partial charge on any atom is -0.290 e. The van der Waals surface area contributed by atoms with E-state index in [-0.39, 0.29) is 28.2 Å². The number of aryl methyl sites for hydroxylation is 1. The van der Waals surface area contributed by atoms with Crippen LogP contribution in [-0.4, -0.2) is 10.4 Å². The molecule has 25 heavy (non-hydrogen) atoms. The van der Waals surface area contributed by atoms with Gasteiger partial charge in [0.05, 0.1) is 7.05 Å². The quantitative estimate of drug-likeness (QED) is 0.467. The first-order valence-corrected chi connectivity index (χ1v) is 8.36. The molecule has 0 radical (unpaired) electrons. The summed E-state index contributed by atoms with van der Waals surface area (Å²) in [6, 6.07) is 16.2. The number of aromatic nitrogens is 2. The van der Waals surface area contributed by atoms with Crippen molar-refractivity contribution in [1.82, 2.24) is 4.57 Å². The van der Waals surface area contributed by atoms with Gasteiger partial charge in [0, 0.05) is 12.5 Å². The zero-order valence-electron chi connectivity index (χ0n) is 15.5. The molecule has 0 fully saturated rings. The molecule has 0 bridgehead atoms. The van der Waals surface area contributed by atoms with Crippen molar-refractivity contribution >= 4 is 33.8 Å². The number of hydrogen-bond acceptors (Lipinski definition) is 1. The molecule has 3 nitrogen and oxygen atoms in total. The Kier molecular flexibility index (Phi) is 5.52. The number of benzene rings is 2. The molecule has 0 N–H and O–H groups in total. The average molecular weight is 402 g/mol. The summed E-state index contributed by atoms with van der Waals surface area (Å²) >= 11 is 0. The van der Waals surface area contributed by atoms with Gasteiger partial charge in [-0.1, -0.05) is 57.2 Å². The van der Waals surface area contributed by atoms with Gasteiger partial charge in [-0.15, -0.1) is 17.0 Å². The van der Waals surface area contributed by atoms with Crippen LogP contribution in [0, 0.1) is 6.92 Å². The Balaban J connectivity index is 0.00000225. The van der Waals surface area contributed by atoms with Crippen LogP contribution < -0.4 is 4.57 Å². The Morgan fingerprint density at radius 2 is 1.64 bits per heavy atom. The Morgan fingerprint density at radius 3 is 2.24 bits per heavy atom. The summed E-state index contributed by atoms with van der Waals surface area (Å²) in [4.78, 5) is 12.8. The molecule has 1 aromatic heterocycles. The Bertz CT molecular complexity index is 902. The van der Waals surface area contributed by atoms with Crippen molar-refractivity contribution in [2.75, 3.05) is 0 Å². The average Bonchev–Trinajstić information content (AvgIpc) is 2.79. The standard InChI is InChI=1S/C21H25N2O.BrH/c1-15-22(5)18-8-6-7-9-19(18)23(15)14-20(24)16-10-12-17(13-11-16)21(2,3)4;/h6-13H,14H2,1-5H3;1H/q+1;. The fourth-order valence-electron chi connectivity index (χ4n) is 3.10. The van der Waals surface area contributed by atoms with Crippen LogP contribution >= 0.6 is 17.0 Å². The summed E-state index contributed by atoms with van der Waals surface area (Å²) < 4.78 is 4.22. The number of imidazole rings is 1. The highest BCUT2D eigenvalue weighted by Crippen LogP contribution is 2.22. The summed E-state index contributed by atoms with van der Waals surface area (Å²) in [5.41, 5.74) is 4.35. The molecule has 4 heteroatoms.